The van der Waals surface area contributed by atoms with Crippen molar-refractivity contribution in [1.82, 2.24) is 20.3 Å². The molecule has 3 N–H and O–H groups in total. The molecule has 0 aliphatic heterocycles. The van der Waals surface area contributed by atoms with Crippen LogP contribution in [-0.2, 0) is 27.7 Å². The molecule has 0 aliphatic carbocycles. The molecule has 29 heavy (non-hydrogen) atoms. The van der Waals surface area contributed by atoms with Crippen molar-refractivity contribution < 1.29 is 13.2 Å². The van der Waals surface area contributed by atoms with E-state index in [1.54, 1.807) is 24.4 Å². The van der Waals surface area contributed by atoms with Gasteiger partial charge in [-0.15, -0.1) is 0 Å². The lowest BCUT2D eigenvalue weighted by Gasteiger charge is -2.11. The van der Waals surface area contributed by atoms with Gasteiger partial charge in [-0.1, -0.05) is 18.2 Å². The van der Waals surface area contributed by atoms with Crippen molar-refractivity contribution in [3.63, 3.8) is 0 Å². The molecule has 0 fully saturated rings. The van der Waals surface area contributed by atoms with Crippen LogP contribution in [0, 0.1) is 0 Å². The second kappa shape index (κ2) is 12.2. The summed E-state index contributed by atoms with van der Waals surface area (Å²) in [6.45, 7) is 4.33. The van der Waals surface area contributed by atoms with Gasteiger partial charge in [-0.25, -0.2) is 18.1 Å². The summed E-state index contributed by atoms with van der Waals surface area (Å²) in [5.41, 5.74) is 1.82. The summed E-state index contributed by atoms with van der Waals surface area (Å²) >= 11 is 0. The minimum absolute atomic E-state index is 0.217. The molecule has 0 saturated carbocycles. The Bertz CT molecular complexity index is 873. The lowest BCUT2D eigenvalue weighted by molar-refractivity contribution is 0.204. The van der Waals surface area contributed by atoms with Gasteiger partial charge in [0.25, 0.3) is 0 Å². The SMILES string of the molecule is CCNC(=NCc1cccc(S(=O)(=O)NCCOC)c1)NCCc1ccccn1. The highest BCUT2D eigenvalue weighted by Crippen LogP contribution is 2.12. The lowest BCUT2D eigenvalue weighted by Crippen LogP contribution is -2.38. The number of sulfonamides is 1. The number of hydrogen-bond donors (Lipinski definition) is 3. The van der Waals surface area contributed by atoms with Crippen molar-refractivity contribution in [2.24, 2.45) is 4.99 Å². The molecule has 8 nitrogen and oxygen atoms in total. The molecule has 1 aromatic carbocycles. The average molecular weight is 420 g/mol. The molecule has 2 aromatic rings. The van der Waals surface area contributed by atoms with Crippen LogP contribution in [0.4, 0.5) is 0 Å². The first-order valence-electron chi connectivity index (χ1n) is 9.55. The largest absolute Gasteiger partial charge is 0.383 e. The number of nitrogens with zero attached hydrogens (tertiary/aromatic N) is 2. The van der Waals surface area contributed by atoms with Crippen molar-refractivity contribution >= 4 is 16.0 Å². The minimum atomic E-state index is -3.57. The van der Waals surface area contributed by atoms with Crippen molar-refractivity contribution in [2.75, 3.05) is 33.4 Å². The maximum absolute atomic E-state index is 12.3. The van der Waals surface area contributed by atoms with Gasteiger partial charge >= 0.3 is 0 Å². The number of rotatable bonds is 11. The van der Waals surface area contributed by atoms with Gasteiger partial charge in [0.15, 0.2) is 5.96 Å². The number of nitrogens with one attached hydrogen (secondary N) is 3. The van der Waals surface area contributed by atoms with Crippen LogP contribution in [-0.4, -0.2) is 52.7 Å². The zero-order chi connectivity index (χ0) is 21.0. The minimum Gasteiger partial charge on any atom is -0.383 e. The first kappa shape index (κ1) is 22.8. The lowest BCUT2D eigenvalue weighted by atomic mass is 10.2. The molecule has 9 heteroatoms. The Kier molecular flexibility index (Phi) is 9.55. The van der Waals surface area contributed by atoms with E-state index in [-0.39, 0.29) is 11.4 Å². The van der Waals surface area contributed by atoms with Gasteiger partial charge in [0.05, 0.1) is 18.0 Å². The predicted molar refractivity (Wildman–Crippen MR) is 114 cm³/mol. The number of ether oxygens (including phenoxy) is 1. The smallest absolute Gasteiger partial charge is 0.240 e. The quantitative estimate of drug-likeness (QED) is 0.288. The molecule has 0 amide bonds. The third-order valence-electron chi connectivity index (χ3n) is 3.97. The van der Waals surface area contributed by atoms with E-state index in [0.717, 1.165) is 24.2 Å². The number of pyridine rings is 1. The van der Waals surface area contributed by atoms with Crippen molar-refractivity contribution in [3.05, 3.63) is 59.9 Å². The Morgan fingerprint density at radius 1 is 1.14 bits per heavy atom. The van der Waals surface area contributed by atoms with Crippen LogP contribution in [0.2, 0.25) is 0 Å². The number of aliphatic imine (C=N–C) groups is 1. The summed E-state index contributed by atoms with van der Waals surface area (Å²) in [6, 6.07) is 12.6. The van der Waals surface area contributed by atoms with E-state index in [4.69, 9.17) is 4.74 Å². The highest BCUT2D eigenvalue weighted by molar-refractivity contribution is 7.89. The molecule has 0 bridgehead atoms. The second-order valence-electron chi connectivity index (χ2n) is 6.23. The highest BCUT2D eigenvalue weighted by Gasteiger charge is 2.13. The zero-order valence-corrected chi connectivity index (χ0v) is 17.7. The molecule has 0 atom stereocenters. The van der Waals surface area contributed by atoms with Crippen molar-refractivity contribution in [1.29, 1.82) is 0 Å². The average Bonchev–Trinajstić information content (AvgIpc) is 2.73. The molecule has 0 unspecified atom stereocenters. The predicted octanol–water partition coefficient (Wildman–Crippen LogP) is 1.30. The fourth-order valence-corrected chi connectivity index (χ4v) is 3.62. The molecule has 0 aliphatic rings. The summed E-state index contributed by atoms with van der Waals surface area (Å²) in [5.74, 6) is 0.676. The summed E-state index contributed by atoms with van der Waals surface area (Å²) in [4.78, 5) is 9.07. The van der Waals surface area contributed by atoms with E-state index in [1.165, 1.54) is 7.11 Å². The molecular formula is C20H29N5O3S. The van der Waals surface area contributed by atoms with Gasteiger partial charge in [0.1, 0.15) is 0 Å². The summed E-state index contributed by atoms with van der Waals surface area (Å²) < 4.78 is 32.1. The Morgan fingerprint density at radius 2 is 2.00 bits per heavy atom. The Labute approximate surface area is 172 Å². The van der Waals surface area contributed by atoms with E-state index in [9.17, 15) is 8.42 Å². The second-order valence-corrected chi connectivity index (χ2v) is 8.00. The molecule has 158 valence electrons. The van der Waals surface area contributed by atoms with E-state index >= 15 is 0 Å². The van der Waals surface area contributed by atoms with Crippen molar-refractivity contribution in [2.45, 2.75) is 24.8 Å². The number of guanidine groups is 1. The molecule has 0 spiro atoms. The molecular weight excluding hydrogens is 390 g/mol. The van der Waals surface area contributed by atoms with E-state index in [0.29, 0.717) is 25.7 Å². The molecule has 0 radical (unpaired) electrons. The van der Waals surface area contributed by atoms with Crippen LogP contribution in [0.15, 0.2) is 58.5 Å². The Hall–Kier alpha value is -2.49. The Balaban J connectivity index is 1.97. The van der Waals surface area contributed by atoms with Gasteiger partial charge in [0.2, 0.25) is 10.0 Å². The van der Waals surface area contributed by atoms with Gasteiger partial charge in [-0.05, 0) is 36.8 Å². The number of hydrogen-bond acceptors (Lipinski definition) is 5. The van der Waals surface area contributed by atoms with Crippen molar-refractivity contribution in [3.8, 4) is 0 Å². The third-order valence-corrected chi connectivity index (χ3v) is 5.43. The van der Waals surface area contributed by atoms with Crippen LogP contribution in [0.3, 0.4) is 0 Å². The highest BCUT2D eigenvalue weighted by atomic mass is 32.2. The normalized spacial score (nSPS) is 12.0. The third kappa shape index (κ3) is 8.18. The van der Waals surface area contributed by atoms with E-state index in [1.807, 2.05) is 31.2 Å². The van der Waals surface area contributed by atoms with Crippen LogP contribution < -0.4 is 15.4 Å². The molecule has 0 saturated heterocycles. The summed E-state index contributed by atoms with van der Waals surface area (Å²) in [6.07, 6.45) is 2.56. The van der Waals surface area contributed by atoms with Gasteiger partial charge in [-0.3, -0.25) is 4.98 Å². The summed E-state index contributed by atoms with van der Waals surface area (Å²) in [7, 11) is -2.04. The van der Waals surface area contributed by atoms with Gasteiger partial charge < -0.3 is 15.4 Å². The van der Waals surface area contributed by atoms with E-state index in [2.05, 4.69) is 25.3 Å². The standard InChI is InChI=1S/C20H29N5O3S/c1-3-21-20(23-12-10-18-8-4-5-11-22-18)24-16-17-7-6-9-19(15-17)29(26,27)25-13-14-28-2/h4-9,11,15,25H,3,10,12-14,16H2,1-2H3,(H2,21,23,24). The van der Waals surface area contributed by atoms with Crippen LogP contribution >= 0.6 is 0 Å². The first-order valence-corrected chi connectivity index (χ1v) is 11.0. The van der Waals surface area contributed by atoms with Gasteiger partial charge in [-0.2, -0.15) is 0 Å². The fourth-order valence-electron chi connectivity index (χ4n) is 2.54. The zero-order valence-electron chi connectivity index (χ0n) is 16.9. The molecule has 1 aromatic heterocycles. The molecule has 2 rings (SSSR count). The topological polar surface area (TPSA) is 105 Å². The monoisotopic (exact) mass is 419 g/mol. The number of methoxy groups -OCH3 is 1. The van der Waals surface area contributed by atoms with Crippen LogP contribution in [0.1, 0.15) is 18.2 Å². The maximum Gasteiger partial charge on any atom is 0.240 e. The van der Waals surface area contributed by atoms with Crippen LogP contribution in [0.5, 0.6) is 0 Å². The number of benzene rings is 1. The van der Waals surface area contributed by atoms with Crippen LogP contribution in [0.25, 0.3) is 0 Å². The van der Waals surface area contributed by atoms with Gasteiger partial charge in [0, 0.05) is 45.1 Å². The fraction of sp³-hybridized carbons (Fsp3) is 0.400. The number of aromatic nitrogens is 1. The maximum atomic E-state index is 12.3. The first-order chi connectivity index (χ1) is 14.0. The van der Waals surface area contributed by atoms with E-state index < -0.39 is 10.0 Å². The Morgan fingerprint density at radius 3 is 2.72 bits per heavy atom. The molecule has 1 heterocycles. The summed E-state index contributed by atoms with van der Waals surface area (Å²) in [5, 5.41) is 6.47.